The Morgan fingerprint density at radius 1 is 1.29 bits per heavy atom. The van der Waals surface area contributed by atoms with Crippen LogP contribution in [0.2, 0.25) is 0 Å². The number of benzene rings is 1. The second-order valence-electron chi connectivity index (χ2n) is 5.74. The van der Waals surface area contributed by atoms with Gasteiger partial charge in [-0.05, 0) is 12.1 Å². The van der Waals surface area contributed by atoms with Gasteiger partial charge in [-0.25, -0.2) is 4.98 Å². The van der Waals surface area contributed by atoms with E-state index < -0.39 is 6.04 Å². The lowest BCUT2D eigenvalue weighted by Crippen LogP contribution is -2.45. The third-order valence-electron chi connectivity index (χ3n) is 4.13. The minimum absolute atomic E-state index is 0.197. The molecule has 7 nitrogen and oxygen atoms in total. The van der Waals surface area contributed by atoms with E-state index in [0.29, 0.717) is 18.8 Å². The first-order valence-electron chi connectivity index (χ1n) is 7.81. The van der Waals surface area contributed by atoms with E-state index in [1.165, 1.54) is 4.90 Å². The van der Waals surface area contributed by atoms with Crippen molar-refractivity contribution in [3.8, 4) is 5.75 Å². The summed E-state index contributed by atoms with van der Waals surface area (Å²) in [5, 5.41) is 2.62. The molecule has 24 heavy (non-hydrogen) atoms. The first-order chi connectivity index (χ1) is 11.6. The van der Waals surface area contributed by atoms with Crippen molar-refractivity contribution in [3.63, 3.8) is 0 Å². The lowest BCUT2D eigenvalue weighted by molar-refractivity contribution is -0.124. The number of carbonyl (C=O) groups excluding carboxylic acids is 2. The quantitative estimate of drug-likeness (QED) is 0.902. The smallest absolute Gasteiger partial charge is 0.290 e. The van der Waals surface area contributed by atoms with Crippen LogP contribution in [0.5, 0.6) is 5.75 Å². The molecule has 1 saturated heterocycles. The van der Waals surface area contributed by atoms with Crippen molar-refractivity contribution in [2.45, 2.75) is 18.6 Å². The Bertz CT molecular complexity index is 728. The van der Waals surface area contributed by atoms with Crippen LogP contribution in [0.25, 0.3) is 0 Å². The van der Waals surface area contributed by atoms with Crippen molar-refractivity contribution in [2.75, 3.05) is 13.6 Å². The number of aryl methyl sites for hydroxylation is 1. The van der Waals surface area contributed by atoms with E-state index >= 15 is 0 Å². The molecular formula is C17H20N4O3. The summed E-state index contributed by atoms with van der Waals surface area (Å²) in [7, 11) is 3.32. The molecule has 1 aromatic heterocycles. The van der Waals surface area contributed by atoms with E-state index in [0.717, 1.165) is 5.75 Å². The van der Waals surface area contributed by atoms with Crippen LogP contribution in [0.15, 0.2) is 42.7 Å². The number of ether oxygens (including phenoxy) is 1. The van der Waals surface area contributed by atoms with Crippen LogP contribution in [0.4, 0.5) is 0 Å². The molecule has 126 valence electrons. The van der Waals surface area contributed by atoms with Crippen molar-refractivity contribution >= 4 is 11.8 Å². The summed E-state index contributed by atoms with van der Waals surface area (Å²) in [5.41, 5.74) is 0. The maximum atomic E-state index is 12.8. The minimum atomic E-state index is -0.562. The zero-order valence-electron chi connectivity index (χ0n) is 13.7. The number of amides is 2. The molecular weight excluding hydrogens is 308 g/mol. The third kappa shape index (κ3) is 3.10. The molecule has 1 N–H and O–H groups in total. The van der Waals surface area contributed by atoms with E-state index in [1.807, 2.05) is 30.3 Å². The van der Waals surface area contributed by atoms with Crippen LogP contribution < -0.4 is 10.1 Å². The molecule has 0 unspecified atom stereocenters. The van der Waals surface area contributed by atoms with Gasteiger partial charge >= 0.3 is 0 Å². The first-order valence-corrected chi connectivity index (χ1v) is 7.81. The summed E-state index contributed by atoms with van der Waals surface area (Å²) in [5.74, 6) is 0.570. The number of rotatable bonds is 4. The number of likely N-dealkylation sites (tertiary alicyclic amines) is 1. The SMILES string of the molecule is CNC(=O)[C@@H]1C[C@H](Oc2ccccc2)CN1C(=O)c1nccn1C. The van der Waals surface area contributed by atoms with Gasteiger partial charge in [-0.3, -0.25) is 9.59 Å². The van der Waals surface area contributed by atoms with Gasteiger partial charge in [0, 0.05) is 32.9 Å². The Morgan fingerprint density at radius 2 is 2.04 bits per heavy atom. The van der Waals surface area contributed by atoms with E-state index in [2.05, 4.69) is 10.3 Å². The fraction of sp³-hybridized carbons (Fsp3) is 0.353. The molecule has 2 atom stereocenters. The van der Waals surface area contributed by atoms with E-state index in [-0.39, 0.29) is 17.9 Å². The van der Waals surface area contributed by atoms with Gasteiger partial charge in [-0.1, -0.05) is 18.2 Å². The second kappa shape index (κ2) is 6.74. The Labute approximate surface area is 140 Å². The number of imidazole rings is 1. The van der Waals surface area contributed by atoms with Crippen molar-refractivity contribution in [1.29, 1.82) is 0 Å². The zero-order valence-corrected chi connectivity index (χ0v) is 13.7. The Hall–Kier alpha value is -2.83. The van der Waals surface area contributed by atoms with E-state index in [1.54, 1.807) is 31.1 Å². The normalized spacial score (nSPS) is 20.0. The average Bonchev–Trinajstić information content (AvgIpc) is 3.21. The molecule has 7 heteroatoms. The maximum Gasteiger partial charge on any atom is 0.290 e. The highest BCUT2D eigenvalue weighted by Crippen LogP contribution is 2.24. The van der Waals surface area contributed by atoms with Gasteiger partial charge in [0.1, 0.15) is 17.9 Å². The van der Waals surface area contributed by atoms with Crippen molar-refractivity contribution in [1.82, 2.24) is 19.8 Å². The minimum Gasteiger partial charge on any atom is -0.488 e. The Balaban J connectivity index is 1.79. The van der Waals surface area contributed by atoms with Crippen molar-refractivity contribution in [2.24, 2.45) is 7.05 Å². The molecule has 1 aliphatic rings. The highest BCUT2D eigenvalue weighted by Gasteiger charge is 2.41. The predicted octanol–water partition coefficient (Wildman–Crippen LogP) is 0.828. The largest absolute Gasteiger partial charge is 0.488 e. The standard InChI is InChI=1S/C17H20N4O3/c1-18-16(22)14-10-13(24-12-6-4-3-5-7-12)11-21(14)17(23)15-19-8-9-20(15)2/h3-9,13-14H,10-11H2,1-2H3,(H,18,22)/t13-,14-/m0/s1. The predicted molar refractivity (Wildman–Crippen MR) is 87.6 cm³/mol. The maximum absolute atomic E-state index is 12.8. The van der Waals surface area contributed by atoms with E-state index in [4.69, 9.17) is 4.74 Å². The van der Waals surface area contributed by atoms with Gasteiger partial charge < -0.3 is 19.5 Å². The first kappa shape index (κ1) is 16.0. The number of hydrogen-bond donors (Lipinski definition) is 1. The highest BCUT2D eigenvalue weighted by atomic mass is 16.5. The Kier molecular flexibility index (Phi) is 4.50. The fourth-order valence-corrected chi connectivity index (χ4v) is 2.91. The molecule has 1 fully saturated rings. The van der Waals surface area contributed by atoms with E-state index in [9.17, 15) is 9.59 Å². The van der Waals surface area contributed by atoms with Gasteiger partial charge in [0.05, 0.1) is 6.54 Å². The number of carbonyl (C=O) groups is 2. The molecule has 0 spiro atoms. The molecule has 1 aromatic carbocycles. The van der Waals surface area contributed by atoms with Crippen LogP contribution in [-0.2, 0) is 11.8 Å². The topological polar surface area (TPSA) is 76.5 Å². The molecule has 2 amide bonds. The summed E-state index contributed by atoms with van der Waals surface area (Å²) >= 11 is 0. The second-order valence-corrected chi connectivity index (χ2v) is 5.74. The van der Waals surface area contributed by atoms with Gasteiger partial charge in [-0.2, -0.15) is 0 Å². The molecule has 0 saturated carbocycles. The number of likely N-dealkylation sites (N-methyl/N-ethyl adjacent to an activating group) is 1. The van der Waals surface area contributed by atoms with Crippen LogP contribution >= 0.6 is 0 Å². The summed E-state index contributed by atoms with van der Waals surface area (Å²) in [6.07, 6.45) is 3.48. The molecule has 2 heterocycles. The molecule has 1 aliphatic heterocycles. The summed E-state index contributed by atoms with van der Waals surface area (Å²) in [6.45, 7) is 0.346. The molecule has 3 rings (SSSR count). The highest BCUT2D eigenvalue weighted by molar-refractivity contribution is 5.95. The lowest BCUT2D eigenvalue weighted by atomic mass is 10.2. The summed E-state index contributed by atoms with van der Waals surface area (Å²) in [4.78, 5) is 30.6. The summed E-state index contributed by atoms with van der Waals surface area (Å²) < 4.78 is 7.57. The molecule has 0 aliphatic carbocycles. The molecule has 0 radical (unpaired) electrons. The van der Waals surface area contributed by atoms with Gasteiger partial charge in [0.15, 0.2) is 5.82 Å². The number of aromatic nitrogens is 2. The van der Waals surface area contributed by atoms with Gasteiger partial charge in [0.25, 0.3) is 5.91 Å². The van der Waals surface area contributed by atoms with Crippen LogP contribution in [0.3, 0.4) is 0 Å². The molecule has 2 aromatic rings. The lowest BCUT2D eigenvalue weighted by Gasteiger charge is -2.22. The monoisotopic (exact) mass is 328 g/mol. The van der Waals surface area contributed by atoms with Crippen LogP contribution in [-0.4, -0.2) is 52.0 Å². The Morgan fingerprint density at radius 3 is 2.67 bits per heavy atom. The molecule has 0 bridgehead atoms. The van der Waals surface area contributed by atoms with Gasteiger partial charge in [0.2, 0.25) is 5.91 Å². The van der Waals surface area contributed by atoms with Crippen molar-refractivity contribution < 1.29 is 14.3 Å². The van der Waals surface area contributed by atoms with Crippen LogP contribution in [0, 0.1) is 0 Å². The zero-order chi connectivity index (χ0) is 17.1. The van der Waals surface area contributed by atoms with Crippen LogP contribution in [0.1, 0.15) is 17.0 Å². The number of hydrogen-bond acceptors (Lipinski definition) is 4. The number of para-hydroxylation sites is 1. The third-order valence-corrected chi connectivity index (χ3v) is 4.13. The van der Waals surface area contributed by atoms with Crippen molar-refractivity contribution in [3.05, 3.63) is 48.5 Å². The van der Waals surface area contributed by atoms with Gasteiger partial charge in [-0.15, -0.1) is 0 Å². The average molecular weight is 328 g/mol. The number of nitrogens with zero attached hydrogens (tertiary/aromatic N) is 3. The number of nitrogens with one attached hydrogen (secondary N) is 1. The summed E-state index contributed by atoms with van der Waals surface area (Å²) in [6, 6.07) is 8.84. The fourth-order valence-electron chi connectivity index (χ4n) is 2.91.